The van der Waals surface area contributed by atoms with E-state index in [1.165, 1.54) is 0 Å². The monoisotopic (exact) mass is 347 g/mol. The molecular formula is C12H15Br2NO. The van der Waals surface area contributed by atoms with Crippen LogP contribution >= 0.6 is 31.9 Å². The minimum atomic E-state index is 0.0791. The van der Waals surface area contributed by atoms with Crippen LogP contribution < -0.4 is 5.32 Å². The molecule has 0 radical (unpaired) electrons. The molecule has 88 valence electrons. The molecule has 1 amide bonds. The van der Waals surface area contributed by atoms with Crippen molar-refractivity contribution in [2.45, 2.75) is 24.6 Å². The van der Waals surface area contributed by atoms with Crippen LogP contribution in [0.25, 0.3) is 0 Å². The Hall–Kier alpha value is -0.350. The number of alkyl halides is 1. The van der Waals surface area contributed by atoms with Crippen molar-refractivity contribution < 1.29 is 4.79 Å². The number of amides is 1. The quantitative estimate of drug-likeness (QED) is 0.813. The maximum atomic E-state index is 11.5. The lowest BCUT2D eigenvalue weighted by Crippen LogP contribution is -2.27. The number of hydrogen-bond acceptors (Lipinski definition) is 1. The smallest absolute Gasteiger partial charge is 0.224 e. The largest absolute Gasteiger partial charge is 0.356 e. The summed E-state index contributed by atoms with van der Waals surface area (Å²) in [6.45, 7) is 2.79. The lowest BCUT2D eigenvalue weighted by atomic mass is 10.1. The Bertz CT molecular complexity index is 335. The van der Waals surface area contributed by atoms with Crippen molar-refractivity contribution in [1.82, 2.24) is 5.32 Å². The fourth-order valence-corrected chi connectivity index (χ4v) is 1.75. The summed E-state index contributed by atoms with van der Waals surface area (Å²) in [5, 5.41) is 2.90. The van der Waals surface area contributed by atoms with Crippen LogP contribution in [0, 0.1) is 0 Å². The minimum Gasteiger partial charge on any atom is -0.356 e. The van der Waals surface area contributed by atoms with E-state index in [0.717, 1.165) is 23.0 Å². The molecule has 0 aromatic heterocycles. The average Bonchev–Trinajstić information content (AvgIpc) is 2.21. The van der Waals surface area contributed by atoms with Crippen molar-refractivity contribution in [2.75, 3.05) is 6.54 Å². The molecule has 4 heteroatoms. The highest BCUT2D eigenvalue weighted by molar-refractivity contribution is 9.10. The molecule has 0 aliphatic heterocycles. The lowest BCUT2D eigenvalue weighted by molar-refractivity contribution is -0.120. The summed E-state index contributed by atoms with van der Waals surface area (Å²) < 4.78 is 1.03. The van der Waals surface area contributed by atoms with E-state index in [1.807, 2.05) is 24.3 Å². The molecule has 1 N–H and O–H groups in total. The summed E-state index contributed by atoms with van der Waals surface area (Å²) in [4.78, 5) is 12.0. The first kappa shape index (κ1) is 13.7. The zero-order valence-corrected chi connectivity index (χ0v) is 12.3. The lowest BCUT2D eigenvalue weighted by Gasteiger charge is -2.06. The highest BCUT2D eigenvalue weighted by Gasteiger charge is 2.03. The van der Waals surface area contributed by atoms with Gasteiger partial charge in [-0.25, -0.2) is 0 Å². The third kappa shape index (κ3) is 5.66. The van der Waals surface area contributed by atoms with E-state index in [-0.39, 0.29) is 5.91 Å². The fourth-order valence-electron chi connectivity index (χ4n) is 1.26. The molecule has 16 heavy (non-hydrogen) atoms. The van der Waals surface area contributed by atoms with Gasteiger partial charge in [-0.2, -0.15) is 0 Å². The van der Waals surface area contributed by atoms with Crippen molar-refractivity contribution in [3.63, 3.8) is 0 Å². The highest BCUT2D eigenvalue weighted by Crippen LogP contribution is 2.10. The maximum absolute atomic E-state index is 11.5. The van der Waals surface area contributed by atoms with Gasteiger partial charge in [-0.1, -0.05) is 50.9 Å². The first-order valence-corrected chi connectivity index (χ1v) is 6.94. The van der Waals surface area contributed by atoms with E-state index >= 15 is 0 Å². The molecule has 1 unspecified atom stereocenters. The summed E-state index contributed by atoms with van der Waals surface area (Å²) >= 11 is 6.81. The Morgan fingerprint density at radius 2 is 2.00 bits per heavy atom. The van der Waals surface area contributed by atoms with E-state index in [1.54, 1.807) is 0 Å². The maximum Gasteiger partial charge on any atom is 0.224 e. The Labute approximate surface area is 113 Å². The van der Waals surface area contributed by atoms with Gasteiger partial charge in [0.25, 0.3) is 0 Å². The van der Waals surface area contributed by atoms with Crippen molar-refractivity contribution in [3.05, 3.63) is 34.3 Å². The van der Waals surface area contributed by atoms with Gasteiger partial charge in [0, 0.05) is 15.8 Å². The molecule has 1 rings (SSSR count). The predicted molar refractivity (Wildman–Crippen MR) is 73.9 cm³/mol. The van der Waals surface area contributed by atoms with Crippen LogP contribution in [-0.2, 0) is 11.2 Å². The summed E-state index contributed by atoms with van der Waals surface area (Å²) in [7, 11) is 0. The molecule has 0 saturated carbocycles. The van der Waals surface area contributed by atoms with Gasteiger partial charge in [0.15, 0.2) is 0 Å². The van der Waals surface area contributed by atoms with Crippen LogP contribution in [0.4, 0.5) is 0 Å². The SMILES string of the molecule is CC(Br)CCNC(=O)Cc1ccc(Br)cc1. The number of hydrogen-bond donors (Lipinski definition) is 1. The summed E-state index contributed by atoms with van der Waals surface area (Å²) in [6.07, 6.45) is 1.40. The topological polar surface area (TPSA) is 29.1 Å². The van der Waals surface area contributed by atoms with Crippen molar-refractivity contribution in [3.8, 4) is 0 Å². The van der Waals surface area contributed by atoms with E-state index in [4.69, 9.17) is 0 Å². The Kier molecular flexibility index (Phi) is 6.06. The summed E-state index contributed by atoms with van der Waals surface area (Å²) in [5.41, 5.74) is 1.03. The van der Waals surface area contributed by atoms with Crippen LogP contribution in [0.3, 0.4) is 0 Å². The summed E-state index contributed by atoms with van der Waals surface area (Å²) in [6, 6.07) is 7.81. The Morgan fingerprint density at radius 1 is 1.38 bits per heavy atom. The number of benzene rings is 1. The molecule has 1 atom stereocenters. The van der Waals surface area contributed by atoms with Gasteiger partial charge >= 0.3 is 0 Å². The van der Waals surface area contributed by atoms with Crippen LogP contribution in [0.2, 0.25) is 0 Å². The Morgan fingerprint density at radius 3 is 2.56 bits per heavy atom. The molecule has 0 spiro atoms. The molecular weight excluding hydrogens is 334 g/mol. The minimum absolute atomic E-state index is 0.0791. The molecule has 0 fully saturated rings. The molecule has 0 heterocycles. The first-order chi connectivity index (χ1) is 7.58. The molecule has 1 aromatic carbocycles. The third-order valence-corrected chi connectivity index (χ3v) is 3.13. The van der Waals surface area contributed by atoms with E-state index < -0.39 is 0 Å². The van der Waals surface area contributed by atoms with Gasteiger partial charge in [-0.3, -0.25) is 4.79 Å². The zero-order chi connectivity index (χ0) is 12.0. The second-order valence-corrected chi connectivity index (χ2v) is 6.20. The van der Waals surface area contributed by atoms with Gasteiger partial charge in [-0.05, 0) is 24.1 Å². The third-order valence-electron chi connectivity index (χ3n) is 2.14. The number of carbonyl (C=O) groups excluding carboxylic acids is 1. The van der Waals surface area contributed by atoms with E-state index in [2.05, 4.69) is 44.1 Å². The second kappa shape index (κ2) is 7.07. The molecule has 0 saturated heterocycles. The average molecular weight is 349 g/mol. The van der Waals surface area contributed by atoms with E-state index in [0.29, 0.717) is 11.2 Å². The van der Waals surface area contributed by atoms with Crippen molar-refractivity contribution in [1.29, 1.82) is 0 Å². The zero-order valence-electron chi connectivity index (χ0n) is 9.17. The molecule has 2 nitrogen and oxygen atoms in total. The standard InChI is InChI=1S/C12H15Br2NO/c1-9(13)6-7-15-12(16)8-10-2-4-11(14)5-3-10/h2-5,9H,6-8H2,1H3,(H,15,16). The van der Waals surface area contributed by atoms with Gasteiger partial charge in [0.2, 0.25) is 5.91 Å². The highest BCUT2D eigenvalue weighted by atomic mass is 79.9. The van der Waals surface area contributed by atoms with Gasteiger partial charge in [0.05, 0.1) is 6.42 Å². The number of carbonyl (C=O) groups is 1. The second-order valence-electron chi connectivity index (χ2n) is 3.72. The van der Waals surface area contributed by atoms with Gasteiger partial charge in [-0.15, -0.1) is 0 Å². The Balaban J connectivity index is 2.31. The van der Waals surface area contributed by atoms with Crippen LogP contribution in [0.15, 0.2) is 28.7 Å². The normalized spacial score (nSPS) is 12.2. The molecule has 0 aliphatic rings. The molecule has 0 bridgehead atoms. The van der Waals surface area contributed by atoms with Crippen LogP contribution in [-0.4, -0.2) is 17.3 Å². The fraction of sp³-hybridized carbons (Fsp3) is 0.417. The molecule has 0 aliphatic carbocycles. The summed E-state index contributed by atoms with van der Waals surface area (Å²) in [5.74, 6) is 0.0791. The van der Waals surface area contributed by atoms with Crippen LogP contribution in [0.5, 0.6) is 0 Å². The molecule has 1 aromatic rings. The van der Waals surface area contributed by atoms with Gasteiger partial charge < -0.3 is 5.32 Å². The van der Waals surface area contributed by atoms with E-state index in [9.17, 15) is 4.79 Å². The number of halogens is 2. The van der Waals surface area contributed by atoms with Gasteiger partial charge in [0.1, 0.15) is 0 Å². The first-order valence-electron chi connectivity index (χ1n) is 5.23. The van der Waals surface area contributed by atoms with Crippen molar-refractivity contribution in [2.24, 2.45) is 0 Å². The predicted octanol–water partition coefficient (Wildman–Crippen LogP) is 3.28. The van der Waals surface area contributed by atoms with Crippen LogP contribution in [0.1, 0.15) is 18.9 Å². The number of rotatable bonds is 5. The van der Waals surface area contributed by atoms with Crippen molar-refractivity contribution >= 4 is 37.8 Å². The number of nitrogens with one attached hydrogen (secondary N) is 1.